The average Bonchev–Trinajstić information content (AvgIpc) is 3.08. The zero-order chi connectivity index (χ0) is 18.8. The highest BCUT2D eigenvalue weighted by Gasteiger charge is 2.18. The number of hydrogen-bond donors (Lipinski definition) is 1. The molecule has 1 N–H and O–H groups in total. The fourth-order valence-electron chi connectivity index (χ4n) is 3.36. The molecule has 0 unspecified atom stereocenters. The molecule has 0 saturated heterocycles. The average molecular weight is 358 g/mol. The van der Waals surface area contributed by atoms with Gasteiger partial charge in [0.2, 0.25) is 0 Å². The number of ether oxygens (including phenoxy) is 1. The molecule has 0 radical (unpaired) electrons. The van der Waals surface area contributed by atoms with Crippen LogP contribution in [-0.2, 0) is 6.54 Å². The lowest BCUT2D eigenvalue weighted by Crippen LogP contribution is -2.29. The number of hydrogen-bond acceptors (Lipinski definition) is 4. The third kappa shape index (κ3) is 3.12. The van der Waals surface area contributed by atoms with Crippen LogP contribution in [0.15, 0.2) is 54.6 Å². The molecule has 0 saturated carbocycles. The van der Waals surface area contributed by atoms with Crippen LogP contribution in [0.4, 0.5) is 5.69 Å². The van der Waals surface area contributed by atoms with Crippen LogP contribution in [0.5, 0.6) is 5.75 Å². The van der Waals surface area contributed by atoms with Crippen LogP contribution in [0.3, 0.4) is 0 Å². The van der Waals surface area contributed by atoms with E-state index in [1.807, 2.05) is 41.8 Å². The van der Waals surface area contributed by atoms with Gasteiger partial charge in [0.1, 0.15) is 11.2 Å². The lowest BCUT2D eigenvalue weighted by atomic mass is 9.97. The number of para-hydroxylation sites is 1. The molecule has 0 aliphatic carbocycles. The molecular formula is C22H22N4O. The number of nitrogens with one attached hydrogen (secondary N) is 1. The van der Waals surface area contributed by atoms with E-state index in [1.54, 1.807) is 0 Å². The van der Waals surface area contributed by atoms with E-state index in [0.717, 1.165) is 45.9 Å². The largest absolute Gasteiger partial charge is 0.494 e. The number of anilines is 1. The molecule has 1 aliphatic rings. The van der Waals surface area contributed by atoms with Gasteiger partial charge in [-0.2, -0.15) is 0 Å². The molecule has 136 valence electrons. The van der Waals surface area contributed by atoms with E-state index in [4.69, 9.17) is 4.74 Å². The van der Waals surface area contributed by atoms with Gasteiger partial charge >= 0.3 is 0 Å². The molecule has 0 fully saturated rings. The highest BCUT2D eigenvalue weighted by Crippen LogP contribution is 2.33. The van der Waals surface area contributed by atoms with Crippen molar-refractivity contribution in [2.75, 3.05) is 11.9 Å². The standard InChI is InChI=1S/C22H22N4O/c1-4-26-15(3)24-25-22(26)19-14-21(23-20-12-7-6-11-18(19)20)16-9-8-10-17(13-16)27-5-2/h6-14,23H,3-5H2,1-2H3/b22-19-. The zero-order valence-electron chi connectivity index (χ0n) is 15.6. The molecule has 2 aromatic carbocycles. The molecule has 5 nitrogen and oxygen atoms in total. The fraction of sp³-hybridized carbons (Fsp3) is 0.182. The smallest absolute Gasteiger partial charge is 0.164 e. The summed E-state index contributed by atoms with van der Waals surface area (Å²) in [5.74, 6) is 0.856. The van der Waals surface area contributed by atoms with Gasteiger partial charge in [-0.25, -0.2) is 0 Å². The Balaban J connectivity index is 1.95. The second-order valence-electron chi connectivity index (χ2n) is 6.29. The van der Waals surface area contributed by atoms with Crippen LogP contribution in [0, 0.1) is 0 Å². The summed E-state index contributed by atoms with van der Waals surface area (Å²) < 4.78 is 7.69. The molecule has 2 heterocycles. The van der Waals surface area contributed by atoms with Crippen molar-refractivity contribution in [3.63, 3.8) is 0 Å². The van der Waals surface area contributed by atoms with Gasteiger partial charge in [-0.05, 0) is 38.1 Å². The summed E-state index contributed by atoms with van der Waals surface area (Å²) in [6.07, 6.45) is 2.13. The first-order chi connectivity index (χ1) is 13.2. The first-order valence-corrected chi connectivity index (χ1v) is 9.15. The maximum Gasteiger partial charge on any atom is 0.164 e. The maximum atomic E-state index is 5.66. The molecule has 3 aromatic rings. The molecule has 0 spiro atoms. The van der Waals surface area contributed by atoms with Crippen molar-refractivity contribution < 1.29 is 4.74 Å². The Morgan fingerprint density at radius 2 is 1.93 bits per heavy atom. The van der Waals surface area contributed by atoms with Gasteiger partial charge in [0.05, 0.1) is 6.61 Å². The molecule has 4 rings (SSSR count). The van der Waals surface area contributed by atoms with Crippen molar-refractivity contribution in [2.24, 2.45) is 0 Å². The van der Waals surface area contributed by atoms with E-state index in [-0.39, 0.29) is 0 Å². The van der Waals surface area contributed by atoms with Crippen LogP contribution in [-0.4, -0.2) is 21.4 Å². The number of fused-ring (bicyclic) bond motifs is 1. The normalized spacial score (nSPS) is 15.0. The van der Waals surface area contributed by atoms with Crippen molar-refractivity contribution in [1.82, 2.24) is 14.8 Å². The highest BCUT2D eigenvalue weighted by molar-refractivity contribution is 5.96. The lowest BCUT2D eigenvalue weighted by Gasteiger charge is -2.22. The molecule has 27 heavy (non-hydrogen) atoms. The second kappa shape index (κ2) is 7.11. The summed E-state index contributed by atoms with van der Waals surface area (Å²) in [5.41, 5.74) is 6.74. The summed E-state index contributed by atoms with van der Waals surface area (Å²) in [7, 11) is 0. The van der Waals surface area contributed by atoms with Crippen molar-refractivity contribution in [2.45, 2.75) is 20.4 Å². The van der Waals surface area contributed by atoms with Gasteiger partial charge in [0.15, 0.2) is 5.48 Å². The Kier molecular flexibility index (Phi) is 4.50. The van der Waals surface area contributed by atoms with E-state index < -0.39 is 0 Å². The van der Waals surface area contributed by atoms with Gasteiger partial charge in [-0.15, -0.1) is 10.2 Å². The second-order valence-corrected chi connectivity index (χ2v) is 6.29. The van der Waals surface area contributed by atoms with E-state index in [9.17, 15) is 0 Å². The Morgan fingerprint density at radius 1 is 1.07 bits per heavy atom. The third-order valence-corrected chi connectivity index (χ3v) is 4.62. The predicted octanol–water partition coefficient (Wildman–Crippen LogP) is 2.77. The predicted molar refractivity (Wildman–Crippen MR) is 109 cm³/mol. The minimum atomic E-state index is 0.641. The topological polar surface area (TPSA) is 52.0 Å². The van der Waals surface area contributed by atoms with Crippen LogP contribution in [0.25, 0.3) is 17.8 Å². The fourth-order valence-corrected chi connectivity index (χ4v) is 3.36. The van der Waals surface area contributed by atoms with Crippen molar-refractivity contribution in [3.05, 3.63) is 76.7 Å². The summed E-state index contributed by atoms with van der Waals surface area (Å²) >= 11 is 0. The van der Waals surface area contributed by atoms with Gasteiger partial charge in [0.25, 0.3) is 0 Å². The minimum Gasteiger partial charge on any atom is -0.494 e. The Hall–Kier alpha value is -3.34. The number of benzene rings is 2. The molecule has 5 heteroatoms. The lowest BCUT2D eigenvalue weighted by molar-refractivity contribution is 0.340. The van der Waals surface area contributed by atoms with Crippen molar-refractivity contribution in [1.29, 1.82) is 0 Å². The number of rotatable bonds is 4. The summed E-state index contributed by atoms with van der Waals surface area (Å²) in [6.45, 7) is 9.46. The monoisotopic (exact) mass is 358 g/mol. The zero-order valence-corrected chi connectivity index (χ0v) is 15.6. The molecule has 0 bridgehead atoms. The van der Waals surface area contributed by atoms with Crippen molar-refractivity contribution in [3.8, 4) is 5.75 Å². The Labute approximate surface area is 158 Å². The summed E-state index contributed by atoms with van der Waals surface area (Å²) in [6, 6.07) is 16.3. The Bertz CT molecular complexity index is 1130. The molecule has 1 aliphatic heterocycles. The van der Waals surface area contributed by atoms with Gasteiger partial charge < -0.3 is 14.6 Å². The van der Waals surface area contributed by atoms with Gasteiger partial charge in [0, 0.05) is 34.6 Å². The van der Waals surface area contributed by atoms with Crippen LogP contribution >= 0.6 is 0 Å². The van der Waals surface area contributed by atoms with Gasteiger partial charge in [-0.3, -0.25) is 0 Å². The van der Waals surface area contributed by atoms with E-state index in [2.05, 4.69) is 53.3 Å². The van der Waals surface area contributed by atoms with Crippen molar-refractivity contribution >= 4 is 23.5 Å². The number of aromatic nitrogens is 3. The minimum absolute atomic E-state index is 0.641. The van der Waals surface area contributed by atoms with Crippen LogP contribution in [0.2, 0.25) is 0 Å². The first-order valence-electron chi connectivity index (χ1n) is 9.15. The Morgan fingerprint density at radius 3 is 2.74 bits per heavy atom. The number of allylic oxidation sites excluding steroid dienone is 1. The molecule has 0 atom stereocenters. The number of nitrogens with zero attached hydrogens (tertiary/aromatic N) is 3. The van der Waals surface area contributed by atoms with E-state index in [1.165, 1.54) is 0 Å². The SMILES string of the molecule is C=c1nn/c(=C2\C=C(c3cccc(OCC)c3)Nc3ccccc32)n1CC. The molecule has 1 aromatic heterocycles. The van der Waals surface area contributed by atoms with Crippen LogP contribution in [0.1, 0.15) is 25.0 Å². The van der Waals surface area contributed by atoms with E-state index >= 15 is 0 Å². The quantitative estimate of drug-likeness (QED) is 0.779. The summed E-state index contributed by atoms with van der Waals surface area (Å²) in [5, 5.41) is 12.1. The maximum absolute atomic E-state index is 5.66. The summed E-state index contributed by atoms with van der Waals surface area (Å²) in [4.78, 5) is 0. The third-order valence-electron chi connectivity index (χ3n) is 4.62. The highest BCUT2D eigenvalue weighted by atomic mass is 16.5. The van der Waals surface area contributed by atoms with Gasteiger partial charge in [-0.1, -0.05) is 36.9 Å². The molecule has 0 amide bonds. The molecular weight excluding hydrogens is 336 g/mol. The van der Waals surface area contributed by atoms with E-state index in [0.29, 0.717) is 12.1 Å². The van der Waals surface area contributed by atoms with Crippen LogP contribution < -0.4 is 21.0 Å². The first kappa shape index (κ1) is 17.1.